The van der Waals surface area contributed by atoms with Gasteiger partial charge in [0, 0.05) is 11.5 Å². The number of nitrogens with zero attached hydrogens (tertiary/aromatic N) is 1. The molecule has 4 aromatic rings. The molecule has 176 valence electrons. The third-order valence-electron chi connectivity index (χ3n) is 5.77. The Hall–Kier alpha value is -4.33. The number of allylic oxidation sites excluding steroid dienone is 1. The number of furan rings is 1. The highest BCUT2D eigenvalue weighted by molar-refractivity contribution is 6.07. The largest absolute Gasteiger partial charge is 0.465 e. The van der Waals surface area contributed by atoms with E-state index in [2.05, 4.69) is 5.32 Å². The van der Waals surface area contributed by atoms with E-state index in [-0.39, 0.29) is 5.69 Å². The summed E-state index contributed by atoms with van der Waals surface area (Å²) in [4.78, 5) is 30.3. The highest BCUT2D eigenvalue weighted by Crippen LogP contribution is 2.36. The van der Waals surface area contributed by atoms with Gasteiger partial charge in [0.25, 0.3) is 5.91 Å². The molecule has 2 aromatic heterocycles. The summed E-state index contributed by atoms with van der Waals surface area (Å²) in [5.41, 5.74) is 3.19. The Balaban J connectivity index is 1.44. The number of rotatable bonds is 5. The molecule has 8 heteroatoms. The van der Waals surface area contributed by atoms with E-state index in [1.54, 1.807) is 24.5 Å². The Morgan fingerprint density at radius 1 is 1.09 bits per heavy atom. The quantitative estimate of drug-likeness (QED) is 0.371. The van der Waals surface area contributed by atoms with Gasteiger partial charge in [-0.25, -0.2) is 18.6 Å². The molecule has 0 spiro atoms. The molecule has 0 fully saturated rings. The molecule has 2 heterocycles. The number of hydrogen-bond acceptors (Lipinski definition) is 5. The van der Waals surface area contributed by atoms with Crippen molar-refractivity contribution in [2.24, 2.45) is 0 Å². The van der Waals surface area contributed by atoms with Gasteiger partial charge in [0.2, 0.25) is 0 Å². The van der Waals surface area contributed by atoms with Crippen LogP contribution in [0, 0.1) is 11.6 Å². The minimum atomic E-state index is -0.922. The Kier molecular flexibility index (Phi) is 6.10. The summed E-state index contributed by atoms with van der Waals surface area (Å²) in [7, 11) is 0. The number of amides is 1. The second-order valence-corrected chi connectivity index (χ2v) is 8.12. The van der Waals surface area contributed by atoms with Crippen molar-refractivity contribution in [2.75, 3.05) is 11.9 Å². The molecule has 0 atom stereocenters. The normalized spacial score (nSPS) is 14.1. The molecule has 1 N–H and O–H groups in total. The maximum absolute atomic E-state index is 13.8. The van der Waals surface area contributed by atoms with Crippen LogP contribution < -0.4 is 5.32 Å². The predicted octanol–water partition coefficient (Wildman–Crippen LogP) is 5.78. The van der Waals surface area contributed by atoms with E-state index < -0.39 is 30.1 Å². The molecule has 1 aliphatic carbocycles. The van der Waals surface area contributed by atoms with Crippen molar-refractivity contribution in [1.29, 1.82) is 0 Å². The van der Waals surface area contributed by atoms with Crippen molar-refractivity contribution in [3.63, 3.8) is 0 Å². The molecule has 2 aromatic carbocycles. The first-order valence-electron chi connectivity index (χ1n) is 11.1. The van der Waals surface area contributed by atoms with Gasteiger partial charge in [0.05, 0.1) is 28.7 Å². The average Bonchev–Trinajstić information content (AvgIpc) is 3.36. The van der Waals surface area contributed by atoms with E-state index in [0.29, 0.717) is 40.4 Å². The molecule has 1 aliphatic rings. The maximum atomic E-state index is 13.8. The summed E-state index contributed by atoms with van der Waals surface area (Å²) in [5.74, 6) is -2.41. The van der Waals surface area contributed by atoms with Crippen LogP contribution in [0.15, 0.2) is 65.3 Å². The molecule has 0 unspecified atom stereocenters. The highest BCUT2D eigenvalue weighted by Gasteiger charge is 2.26. The number of halogens is 2. The Labute approximate surface area is 199 Å². The molecule has 0 saturated carbocycles. The predicted molar refractivity (Wildman–Crippen MR) is 127 cm³/mol. The molecular formula is C27H20F2N2O4. The Bertz CT molecular complexity index is 1460. The number of anilines is 1. The number of esters is 1. The zero-order valence-electron chi connectivity index (χ0n) is 18.5. The molecule has 35 heavy (non-hydrogen) atoms. The third kappa shape index (κ3) is 4.68. The van der Waals surface area contributed by atoms with Crippen molar-refractivity contribution in [2.45, 2.75) is 19.3 Å². The number of para-hydroxylation sites is 1. The van der Waals surface area contributed by atoms with Gasteiger partial charge in [0.1, 0.15) is 17.4 Å². The van der Waals surface area contributed by atoms with Gasteiger partial charge in [-0.2, -0.15) is 0 Å². The summed E-state index contributed by atoms with van der Waals surface area (Å²) >= 11 is 0. The van der Waals surface area contributed by atoms with Gasteiger partial charge in [-0.05, 0) is 66.8 Å². The lowest BCUT2D eigenvalue weighted by atomic mass is 9.86. The van der Waals surface area contributed by atoms with Crippen LogP contribution in [0.2, 0.25) is 0 Å². The van der Waals surface area contributed by atoms with Crippen LogP contribution in [0.1, 0.15) is 40.2 Å². The van der Waals surface area contributed by atoms with Crippen LogP contribution in [-0.2, 0) is 16.0 Å². The summed E-state index contributed by atoms with van der Waals surface area (Å²) in [6.07, 6.45) is 5.72. The zero-order valence-corrected chi connectivity index (χ0v) is 18.5. The standard InChI is InChI=1S/C27H20F2N2O4/c28-17-10-11-23(21(29)14-17)30-24(32)15-35-27(33)25-19-7-1-2-9-22(19)31-26-16(5-3-8-20(25)26)13-18-6-4-12-34-18/h1-2,4,6-7,9-14H,3,5,8,15H2,(H,30,32). The Morgan fingerprint density at radius 3 is 2.74 bits per heavy atom. The number of carbonyl (C=O) groups excluding carboxylic acids is 2. The highest BCUT2D eigenvalue weighted by atomic mass is 19.1. The lowest BCUT2D eigenvalue weighted by Crippen LogP contribution is -2.23. The number of pyridine rings is 1. The minimum absolute atomic E-state index is 0.202. The van der Waals surface area contributed by atoms with Crippen molar-refractivity contribution in [1.82, 2.24) is 4.98 Å². The fourth-order valence-corrected chi connectivity index (χ4v) is 4.23. The first-order chi connectivity index (χ1) is 17.0. The summed E-state index contributed by atoms with van der Waals surface area (Å²) in [6.45, 7) is -0.629. The smallest absolute Gasteiger partial charge is 0.339 e. The van der Waals surface area contributed by atoms with Crippen molar-refractivity contribution in [3.8, 4) is 0 Å². The van der Waals surface area contributed by atoms with E-state index in [1.165, 1.54) is 0 Å². The summed E-state index contributed by atoms with van der Waals surface area (Å²) in [5, 5.41) is 2.91. The van der Waals surface area contributed by atoms with Gasteiger partial charge >= 0.3 is 5.97 Å². The molecule has 6 nitrogen and oxygen atoms in total. The van der Waals surface area contributed by atoms with Gasteiger partial charge in [-0.1, -0.05) is 18.2 Å². The van der Waals surface area contributed by atoms with E-state index in [4.69, 9.17) is 14.1 Å². The lowest BCUT2D eigenvalue weighted by molar-refractivity contribution is -0.119. The number of fused-ring (bicyclic) bond motifs is 2. The van der Waals surface area contributed by atoms with Gasteiger partial charge in [0.15, 0.2) is 6.61 Å². The topological polar surface area (TPSA) is 81.4 Å². The first kappa shape index (κ1) is 22.5. The van der Waals surface area contributed by atoms with E-state index in [1.807, 2.05) is 24.3 Å². The molecule has 0 aliphatic heterocycles. The number of hydrogen-bond donors (Lipinski definition) is 1. The molecule has 5 rings (SSSR count). The number of benzene rings is 2. The molecule has 0 bridgehead atoms. The van der Waals surface area contributed by atoms with Crippen LogP contribution in [0.5, 0.6) is 0 Å². The van der Waals surface area contributed by atoms with Crippen LogP contribution in [-0.4, -0.2) is 23.5 Å². The van der Waals surface area contributed by atoms with E-state index in [0.717, 1.165) is 36.1 Å². The van der Waals surface area contributed by atoms with Gasteiger partial charge in [-0.15, -0.1) is 0 Å². The van der Waals surface area contributed by atoms with Crippen LogP contribution in [0.25, 0.3) is 22.6 Å². The van der Waals surface area contributed by atoms with Crippen molar-refractivity contribution < 1.29 is 27.5 Å². The molecular weight excluding hydrogens is 454 g/mol. The van der Waals surface area contributed by atoms with Crippen molar-refractivity contribution in [3.05, 3.63) is 95.1 Å². The number of aromatic nitrogens is 1. The summed E-state index contributed by atoms with van der Waals surface area (Å²) in [6, 6.07) is 13.7. The van der Waals surface area contributed by atoms with Crippen molar-refractivity contribution >= 4 is 40.1 Å². The summed E-state index contributed by atoms with van der Waals surface area (Å²) < 4.78 is 37.7. The fourth-order valence-electron chi connectivity index (χ4n) is 4.23. The number of carbonyl (C=O) groups is 2. The van der Waals surface area contributed by atoms with Gasteiger partial charge < -0.3 is 14.5 Å². The van der Waals surface area contributed by atoms with Crippen LogP contribution in [0.3, 0.4) is 0 Å². The molecule has 0 saturated heterocycles. The molecule has 1 amide bonds. The van der Waals surface area contributed by atoms with Gasteiger partial charge in [-0.3, -0.25) is 4.79 Å². The zero-order chi connectivity index (χ0) is 24.4. The second-order valence-electron chi connectivity index (χ2n) is 8.12. The van der Waals surface area contributed by atoms with Crippen LogP contribution >= 0.6 is 0 Å². The Morgan fingerprint density at radius 2 is 1.94 bits per heavy atom. The van der Waals surface area contributed by atoms with Crippen LogP contribution in [0.4, 0.5) is 14.5 Å². The number of nitrogens with one attached hydrogen (secondary N) is 1. The average molecular weight is 474 g/mol. The first-order valence-corrected chi connectivity index (χ1v) is 11.1. The lowest BCUT2D eigenvalue weighted by Gasteiger charge is -2.22. The third-order valence-corrected chi connectivity index (χ3v) is 5.77. The second kappa shape index (κ2) is 9.50. The van der Waals surface area contributed by atoms with E-state index in [9.17, 15) is 18.4 Å². The fraction of sp³-hybridized carbons (Fsp3) is 0.148. The monoisotopic (exact) mass is 474 g/mol. The SMILES string of the molecule is O=C(COC(=O)c1c2c(nc3ccccc13)C(=Cc1ccco1)CCC2)Nc1ccc(F)cc1F. The van der Waals surface area contributed by atoms with E-state index >= 15 is 0 Å². The number of ether oxygens (including phenoxy) is 1. The molecule has 0 radical (unpaired) electrons. The maximum Gasteiger partial charge on any atom is 0.339 e. The minimum Gasteiger partial charge on any atom is -0.465 e.